The highest BCUT2D eigenvalue weighted by molar-refractivity contribution is 14.1. The molecule has 0 aromatic heterocycles. The number of hydrogen-bond acceptors (Lipinski definition) is 0. The molecule has 0 radical (unpaired) electrons. The van der Waals surface area contributed by atoms with Gasteiger partial charge >= 0.3 is 10.8 Å². The molecule has 0 bridgehead atoms. The van der Waals surface area contributed by atoms with E-state index in [2.05, 4.69) is 22.6 Å². The van der Waals surface area contributed by atoms with Crippen LogP contribution in [-0.4, -0.2) is 15.2 Å². The van der Waals surface area contributed by atoms with Crippen LogP contribution in [-0.2, 0) is 0 Å². The van der Waals surface area contributed by atoms with E-state index >= 15 is 0 Å². The zero-order valence-electron chi connectivity index (χ0n) is 8.92. The molecule has 6 heteroatoms. The molecule has 0 unspecified atom stereocenters. The van der Waals surface area contributed by atoms with E-state index < -0.39 is 17.2 Å². The number of hydrogen-bond donors (Lipinski definition) is 0. The van der Waals surface area contributed by atoms with Crippen LogP contribution in [0.25, 0.3) is 0 Å². The Hall–Kier alpha value is 0.930. The van der Waals surface area contributed by atoms with Gasteiger partial charge in [-0.1, -0.05) is 48.3 Å². The van der Waals surface area contributed by atoms with Crippen molar-refractivity contribution in [1.82, 2.24) is 0 Å². The van der Waals surface area contributed by atoms with Gasteiger partial charge in [0.2, 0.25) is 0 Å². The van der Waals surface area contributed by atoms with Crippen LogP contribution in [0.4, 0.5) is 17.6 Å². The van der Waals surface area contributed by atoms with Crippen molar-refractivity contribution in [3.05, 3.63) is 0 Å². The van der Waals surface area contributed by atoms with Crippen molar-refractivity contribution in [2.24, 2.45) is 0 Å². The van der Waals surface area contributed by atoms with Crippen molar-refractivity contribution >= 4 is 38.5 Å². The zero-order valence-corrected chi connectivity index (χ0v) is 12.7. The standard InChI is InChI=1S/C10H16BrF4I/c11-10(14,15)9(12,13)7-5-3-1-2-4-6-8-16/h1-8H2. The minimum Gasteiger partial charge on any atom is -0.199 e. The van der Waals surface area contributed by atoms with Gasteiger partial charge in [0.1, 0.15) is 0 Å². The summed E-state index contributed by atoms with van der Waals surface area (Å²) < 4.78 is 51.3. The minimum absolute atomic E-state index is 0.151. The maximum atomic E-state index is 12.8. The van der Waals surface area contributed by atoms with Crippen LogP contribution in [0.1, 0.15) is 44.9 Å². The minimum atomic E-state index is -4.08. The molecular formula is C10H16BrF4I. The molecule has 0 aromatic rings. The summed E-state index contributed by atoms with van der Waals surface area (Å²) in [5.41, 5.74) is 0. The van der Waals surface area contributed by atoms with E-state index in [4.69, 9.17) is 0 Å². The molecule has 0 N–H and O–H groups in total. The smallest absolute Gasteiger partial charge is 0.199 e. The lowest BCUT2D eigenvalue weighted by molar-refractivity contribution is -0.151. The molecule has 0 amide bonds. The summed E-state index contributed by atoms with van der Waals surface area (Å²) in [4.78, 5) is -4.08. The van der Waals surface area contributed by atoms with Crippen molar-refractivity contribution in [2.45, 2.75) is 55.7 Å². The van der Waals surface area contributed by atoms with Gasteiger partial charge in [0.05, 0.1) is 0 Å². The number of halogens is 6. The predicted octanol–water partition coefficient (Wildman–Crippen LogP) is 5.78. The van der Waals surface area contributed by atoms with Gasteiger partial charge in [-0.3, -0.25) is 0 Å². The summed E-state index contributed by atoms with van der Waals surface area (Å²) in [5.74, 6) is -3.94. The van der Waals surface area contributed by atoms with Gasteiger partial charge in [-0.15, -0.1) is 0 Å². The topological polar surface area (TPSA) is 0 Å². The van der Waals surface area contributed by atoms with Crippen LogP contribution in [0.2, 0.25) is 0 Å². The Morgan fingerprint density at radius 2 is 1.25 bits per heavy atom. The molecule has 0 aromatic carbocycles. The molecule has 98 valence electrons. The van der Waals surface area contributed by atoms with E-state index in [1.54, 1.807) is 15.9 Å². The quantitative estimate of drug-likeness (QED) is 0.193. The second-order valence-corrected chi connectivity index (χ2v) is 5.84. The monoisotopic (exact) mass is 418 g/mol. The first-order valence-corrected chi connectivity index (χ1v) is 7.63. The summed E-state index contributed by atoms with van der Waals surface area (Å²) in [6, 6.07) is 0. The van der Waals surface area contributed by atoms with E-state index in [1.807, 2.05) is 0 Å². The van der Waals surface area contributed by atoms with Crippen LogP contribution in [0.3, 0.4) is 0 Å². The summed E-state index contributed by atoms with van der Waals surface area (Å²) in [5, 5.41) is 0. The van der Waals surface area contributed by atoms with Crippen LogP contribution < -0.4 is 0 Å². The molecule has 0 spiro atoms. The third-order valence-corrected chi connectivity index (χ3v) is 3.63. The first-order chi connectivity index (χ1) is 7.31. The first-order valence-electron chi connectivity index (χ1n) is 5.32. The zero-order chi connectivity index (χ0) is 12.7. The molecule has 0 aliphatic rings. The van der Waals surface area contributed by atoms with Gasteiger partial charge in [-0.05, 0) is 33.2 Å². The highest BCUT2D eigenvalue weighted by Gasteiger charge is 2.53. The molecule has 0 nitrogen and oxygen atoms in total. The van der Waals surface area contributed by atoms with Crippen molar-refractivity contribution in [1.29, 1.82) is 0 Å². The molecule has 0 fully saturated rings. The molecule has 0 saturated heterocycles. The summed E-state index contributed by atoms with van der Waals surface area (Å²) in [6.45, 7) is 0. The molecule has 0 rings (SSSR count). The third kappa shape index (κ3) is 7.29. The van der Waals surface area contributed by atoms with Gasteiger partial charge in [-0.25, -0.2) is 0 Å². The second-order valence-electron chi connectivity index (χ2n) is 3.76. The summed E-state index contributed by atoms with van der Waals surface area (Å²) in [7, 11) is 0. The fraction of sp³-hybridized carbons (Fsp3) is 1.00. The van der Waals surface area contributed by atoms with Crippen molar-refractivity contribution in [3.63, 3.8) is 0 Å². The molecule has 0 aliphatic heterocycles. The molecular weight excluding hydrogens is 403 g/mol. The number of unbranched alkanes of at least 4 members (excludes halogenated alkanes) is 5. The lowest BCUT2D eigenvalue weighted by Crippen LogP contribution is -2.34. The van der Waals surface area contributed by atoms with E-state index in [-0.39, 0.29) is 6.42 Å². The molecule has 0 heterocycles. The van der Waals surface area contributed by atoms with Gasteiger partial charge in [0.25, 0.3) is 0 Å². The fourth-order valence-corrected chi connectivity index (χ4v) is 2.03. The average molecular weight is 419 g/mol. The Kier molecular flexibility index (Phi) is 8.58. The average Bonchev–Trinajstić information content (AvgIpc) is 2.14. The normalized spacial score (nSPS) is 13.1. The fourth-order valence-electron chi connectivity index (χ4n) is 1.29. The predicted molar refractivity (Wildman–Crippen MR) is 70.0 cm³/mol. The van der Waals surface area contributed by atoms with Crippen LogP contribution in [0.15, 0.2) is 0 Å². The third-order valence-electron chi connectivity index (χ3n) is 2.29. The SMILES string of the molecule is FC(F)(Br)C(F)(F)CCCCCCCCI. The van der Waals surface area contributed by atoms with E-state index in [1.165, 1.54) is 0 Å². The first kappa shape index (κ1) is 16.9. The Bertz CT molecular complexity index is 182. The van der Waals surface area contributed by atoms with Crippen molar-refractivity contribution < 1.29 is 17.6 Å². The molecule has 0 saturated carbocycles. The lowest BCUT2D eigenvalue weighted by Gasteiger charge is -2.21. The van der Waals surface area contributed by atoms with E-state index in [0.717, 1.165) is 30.1 Å². The van der Waals surface area contributed by atoms with Gasteiger partial charge in [-0.2, -0.15) is 17.6 Å². The highest BCUT2D eigenvalue weighted by atomic mass is 127. The lowest BCUT2D eigenvalue weighted by atomic mass is 10.1. The van der Waals surface area contributed by atoms with Crippen LogP contribution >= 0.6 is 38.5 Å². The van der Waals surface area contributed by atoms with Crippen LogP contribution in [0.5, 0.6) is 0 Å². The maximum absolute atomic E-state index is 12.8. The van der Waals surface area contributed by atoms with E-state index in [0.29, 0.717) is 6.42 Å². The van der Waals surface area contributed by atoms with Gasteiger partial charge in [0.15, 0.2) is 0 Å². The second kappa shape index (κ2) is 8.11. The molecule has 0 atom stereocenters. The molecule has 0 aliphatic carbocycles. The number of rotatable bonds is 9. The van der Waals surface area contributed by atoms with Gasteiger partial charge in [0, 0.05) is 6.42 Å². The maximum Gasteiger partial charge on any atom is 0.363 e. The Labute approximate surface area is 116 Å². The molecule has 16 heavy (non-hydrogen) atoms. The van der Waals surface area contributed by atoms with Crippen molar-refractivity contribution in [3.8, 4) is 0 Å². The van der Waals surface area contributed by atoms with Crippen LogP contribution in [0, 0.1) is 0 Å². The largest absolute Gasteiger partial charge is 0.363 e. The summed E-state index contributed by atoms with van der Waals surface area (Å²) >= 11 is 4.01. The van der Waals surface area contributed by atoms with Gasteiger partial charge < -0.3 is 0 Å². The Balaban J connectivity index is 3.51. The number of alkyl halides is 6. The Morgan fingerprint density at radius 1 is 0.812 bits per heavy atom. The highest BCUT2D eigenvalue weighted by Crippen LogP contribution is 2.42. The van der Waals surface area contributed by atoms with Crippen molar-refractivity contribution in [2.75, 3.05) is 4.43 Å². The Morgan fingerprint density at radius 3 is 1.69 bits per heavy atom. The van der Waals surface area contributed by atoms with E-state index in [9.17, 15) is 17.6 Å². The summed E-state index contributed by atoms with van der Waals surface area (Å²) in [6.07, 6.45) is 4.07.